The molecule has 0 spiro atoms. The third kappa shape index (κ3) is 6.55. The monoisotopic (exact) mass is 348 g/mol. The molecule has 0 bridgehead atoms. The molecule has 0 amide bonds. The summed E-state index contributed by atoms with van der Waals surface area (Å²) in [6.45, 7) is 0.988. The van der Waals surface area contributed by atoms with Gasteiger partial charge in [0.2, 0.25) is 0 Å². The summed E-state index contributed by atoms with van der Waals surface area (Å²) in [6.07, 6.45) is 5.39. The average molecular weight is 351 g/mol. The zero-order valence-corrected chi connectivity index (χ0v) is 10.9. The number of rotatable bonds is 4. The molecule has 0 radical (unpaired) electrons. The molecule has 0 saturated carbocycles. The molecule has 0 aromatic carbocycles. The molecule has 1 nitrogen and oxygen atoms in total. The van der Waals surface area contributed by atoms with E-state index in [9.17, 15) is 0 Å². The van der Waals surface area contributed by atoms with Crippen LogP contribution in [0.3, 0.4) is 0 Å². The standard InChI is InChI=1S/C7H11Br3O/c8-7(9,10)4-2-1-3-6-5-11-6/h6H,1-5H2. The van der Waals surface area contributed by atoms with Crippen molar-refractivity contribution in [1.82, 2.24) is 0 Å². The minimum Gasteiger partial charge on any atom is -0.373 e. The van der Waals surface area contributed by atoms with Gasteiger partial charge in [-0.1, -0.05) is 60.6 Å². The Morgan fingerprint density at radius 3 is 2.36 bits per heavy atom. The van der Waals surface area contributed by atoms with Gasteiger partial charge in [0, 0.05) is 0 Å². The van der Waals surface area contributed by atoms with E-state index in [1.54, 1.807) is 0 Å². The largest absolute Gasteiger partial charge is 0.373 e. The van der Waals surface area contributed by atoms with Gasteiger partial charge in [-0.15, -0.1) is 0 Å². The van der Waals surface area contributed by atoms with E-state index in [0.29, 0.717) is 6.10 Å². The van der Waals surface area contributed by atoms with Crippen LogP contribution in [-0.2, 0) is 4.74 Å². The van der Waals surface area contributed by atoms with E-state index in [4.69, 9.17) is 4.74 Å². The van der Waals surface area contributed by atoms with E-state index in [1.165, 1.54) is 19.3 Å². The first-order valence-electron chi connectivity index (χ1n) is 3.76. The van der Waals surface area contributed by atoms with Gasteiger partial charge in [-0.25, -0.2) is 0 Å². The molecule has 1 fully saturated rings. The van der Waals surface area contributed by atoms with Crippen molar-refractivity contribution in [3.63, 3.8) is 0 Å². The second kappa shape index (κ2) is 4.58. The average Bonchev–Trinajstić information content (AvgIpc) is 2.60. The Bertz CT molecular complexity index is 117. The van der Waals surface area contributed by atoms with Gasteiger partial charge >= 0.3 is 0 Å². The number of halogens is 3. The molecule has 1 heterocycles. The van der Waals surface area contributed by atoms with Crippen LogP contribution in [0.15, 0.2) is 0 Å². The molecule has 1 atom stereocenters. The molecule has 66 valence electrons. The topological polar surface area (TPSA) is 12.5 Å². The smallest absolute Gasteiger partial charge is 0.135 e. The van der Waals surface area contributed by atoms with Gasteiger partial charge in [0.25, 0.3) is 0 Å². The molecular weight excluding hydrogens is 340 g/mol. The Hall–Kier alpha value is 1.40. The van der Waals surface area contributed by atoms with E-state index in [2.05, 4.69) is 47.8 Å². The van der Waals surface area contributed by atoms with Gasteiger partial charge in [-0.3, -0.25) is 0 Å². The first-order chi connectivity index (χ1) is 5.08. The van der Waals surface area contributed by atoms with Gasteiger partial charge < -0.3 is 4.74 Å². The van der Waals surface area contributed by atoms with Gasteiger partial charge in [0.05, 0.1) is 12.7 Å². The maximum Gasteiger partial charge on any atom is 0.135 e. The lowest BCUT2D eigenvalue weighted by atomic mass is 10.2. The third-order valence-electron chi connectivity index (χ3n) is 1.64. The third-order valence-corrected chi connectivity index (χ3v) is 2.83. The summed E-state index contributed by atoms with van der Waals surface area (Å²) in [4.78, 5) is 0. The summed E-state index contributed by atoms with van der Waals surface area (Å²) >= 11 is 10.4. The van der Waals surface area contributed by atoms with Crippen LogP contribution in [0.4, 0.5) is 0 Å². The molecule has 1 unspecified atom stereocenters. The summed E-state index contributed by atoms with van der Waals surface area (Å²) in [5.74, 6) is 0. The molecule has 1 aliphatic rings. The van der Waals surface area contributed by atoms with Crippen molar-refractivity contribution in [3.8, 4) is 0 Å². The quantitative estimate of drug-likeness (QED) is 0.427. The Balaban J connectivity index is 1.87. The highest BCUT2D eigenvalue weighted by molar-refractivity contribution is 9.39. The first kappa shape index (κ1) is 10.5. The van der Waals surface area contributed by atoms with Gasteiger partial charge in [0.15, 0.2) is 0 Å². The molecule has 0 aromatic rings. The maximum atomic E-state index is 5.11. The van der Waals surface area contributed by atoms with Crippen molar-refractivity contribution in [2.75, 3.05) is 6.61 Å². The molecule has 1 rings (SSSR count). The summed E-state index contributed by atoms with van der Waals surface area (Å²) in [5, 5.41) is 0. The first-order valence-corrected chi connectivity index (χ1v) is 6.14. The van der Waals surface area contributed by atoms with E-state index in [-0.39, 0.29) is 2.14 Å². The number of unbranched alkanes of at least 4 members (excludes halogenated alkanes) is 1. The molecule has 1 saturated heterocycles. The van der Waals surface area contributed by atoms with Gasteiger partial charge in [0.1, 0.15) is 2.14 Å². The lowest BCUT2D eigenvalue weighted by Crippen LogP contribution is -1.98. The fraction of sp³-hybridized carbons (Fsp3) is 1.00. The predicted octanol–water partition coefficient (Wildman–Crippen LogP) is 3.78. The second-order valence-corrected chi connectivity index (χ2v) is 10.1. The Kier molecular flexibility index (Phi) is 4.37. The second-order valence-electron chi connectivity index (χ2n) is 2.82. The molecule has 0 aromatic heterocycles. The minimum atomic E-state index is -0.0442. The van der Waals surface area contributed by atoms with E-state index >= 15 is 0 Å². The summed E-state index contributed by atoms with van der Waals surface area (Å²) in [6, 6.07) is 0. The molecular formula is C7H11Br3O. The van der Waals surface area contributed by atoms with Crippen molar-refractivity contribution in [2.45, 2.75) is 33.9 Å². The maximum absolute atomic E-state index is 5.11. The summed E-state index contributed by atoms with van der Waals surface area (Å²) in [5.41, 5.74) is 0. The number of hydrogen-bond acceptors (Lipinski definition) is 1. The number of epoxide rings is 1. The zero-order chi connectivity index (χ0) is 8.32. The van der Waals surface area contributed by atoms with Crippen LogP contribution in [0.5, 0.6) is 0 Å². The van der Waals surface area contributed by atoms with Crippen LogP contribution in [0.2, 0.25) is 0 Å². The highest BCUT2D eigenvalue weighted by Gasteiger charge is 2.22. The number of hydrogen-bond donors (Lipinski definition) is 0. The molecule has 11 heavy (non-hydrogen) atoms. The van der Waals surface area contributed by atoms with Crippen molar-refractivity contribution in [2.24, 2.45) is 0 Å². The van der Waals surface area contributed by atoms with Crippen molar-refractivity contribution in [1.29, 1.82) is 0 Å². The van der Waals surface area contributed by atoms with Gasteiger partial charge in [-0.2, -0.15) is 0 Å². The summed E-state index contributed by atoms with van der Waals surface area (Å²) in [7, 11) is 0. The molecule has 0 N–H and O–H groups in total. The molecule has 4 heteroatoms. The van der Waals surface area contributed by atoms with E-state index in [1.807, 2.05) is 0 Å². The highest BCUT2D eigenvalue weighted by atomic mass is 80.0. The number of alkyl halides is 3. The Morgan fingerprint density at radius 1 is 1.27 bits per heavy atom. The van der Waals surface area contributed by atoms with Crippen LogP contribution in [0, 0.1) is 0 Å². The normalized spacial score (nSPS) is 23.7. The summed E-state index contributed by atoms with van der Waals surface area (Å²) < 4.78 is 5.06. The predicted molar refractivity (Wildman–Crippen MR) is 57.7 cm³/mol. The highest BCUT2D eigenvalue weighted by Crippen LogP contribution is 2.38. The van der Waals surface area contributed by atoms with Gasteiger partial charge in [-0.05, 0) is 12.8 Å². The van der Waals surface area contributed by atoms with Crippen LogP contribution >= 0.6 is 47.8 Å². The SMILES string of the molecule is BrC(Br)(Br)CCCCC1CO1. The minimum absolute atomic E-state index is 0.0442. The Morgan fingerprint density at radius 2 is 1.91 bits per heavy atom. The fourth-order valence-electron chi connectivity index (χ4n) is 0.932. The van der Waals surface area contributed by atoms with Crippen LogP contribution in [0.25, 0.3) is 0 Å². The number of ether oxygens (including phenoxy) is 1. The van der Waals surface area contributed by atoms with Crippen LogP contribution in [0.1, 0.15) is 25.7 Å². The van der Waals surface area contributed by atoms with Crippen LogP contribution < -0.4 is 0 Å². The van der Waals surface area contributed by atoms with Crippen molar-refractivity contribution >= 4 is 47.8 Å². The van der Waals surface area contributed by atoms with Crippen molar-refractivity contribution < 1.29 is 4.74 Å². The van der Waals surface area contributed by atoms with Crippen molar-refractivity contribution in [3.05, 3.63) is 0 Å². The van der Waals surface area contributed by atoms with E-state index < -0.39 is 0 Å². The van der Waals surface area contributed by atoms with Crippen LogP contribution in [-0.4, -0.2) is 14.9 Å². The zero-order valence-electron chi connectivity index (χ0n) is 6.16. The molecule has 0 aliphatic carbocycles. The fourth-order valence-corrected chi connectivity index (χ4v) is 1.77. The van der Waals surface area contributed by atoms with E-state index in [0.717, 1.165) is 13.0 Å². The lowest BCUT2D eigenvalue weighted by molar-refractivity contribution is 0.389. The Labute approximate surface area is 92.6 Å². The lowest BCUT2D eigenvalue weighted by Gasteiger charge is -2.10. The molecule has 1 aliphatic heterocycles.